The van der Waals surface area contributed by atoms with E-state index in [4.69, 9.17) is 22.5 Å². The molecule has 1 aromatic rings. The van der Waals surface area contributed by atoms with Crippen molar-refractivity contribution in [2.75, 3.05) is 5.32 Å². The zero-order valence-electron chi connectivity index (χ0n) is 10.2. The number of nitrogens with two attached hydrogens (primary N) is 1. The first-order valence-corrected chi connectivity index (χ1v) is 5.88. The Kier molecular flexibility index (Phi) is 4.97. The highest BCUT2D eigenvalue weighted by atomic mass is 35.5. The Morgan fingerprint density at radius 1 is 1.44 bits per heavy atom. The van der Waals surface area contributed by atoms with E-state index in [1.807, 2.05) is 13.8 Å². The second-order valence-corrected chi connectivity index (χ2v) is 4.62. The summed E-state index contributed by atoms with van der Waals surface area (Å²) in [5.41, 5.74) is 6.02. The molecule has 6 heteroatoms. The molecule has 0 aromatic heterocycles. The Morgan fingerprint density at radius 3 is 2.56 bits per heavy atom. The third kappa shape index (κ3) is 3.37. The number of oxime groups is 1. The van der Waals surface area contributed by atoms with E-state index in [2.05, 4.69) is 10.5 Å². The maximum absolute atomic E-state index is 12.1. The first-order valence-electron chi connectivity index (χ1n) is 5.50. The molecule has 0 heterocycles. The van der Waals surface area contributed by atoms with Gasteiger partial charge in [0.1, 0.15) is 5.92 Å². The molecule has 1 atom stereocenters. The molecule has 0 bridgehead atoms. The zero-order chi connectivity index (χ0) is 13.7. The van der Waals surface area contributed by atoms with E-state index in [-0.39, 0.29) is 17.7 Å². The van der Waals surface area contributed by atoms with Crippen LogP contribution in [-0.2, 0) is 4.79 Å². The maximum atomic E-state index is 12.1. The predicted octanol–water partition coefficient (Wildman–Crippen LogP) is 2.30. The molecule has 0 aliphatic carbocycles. The Morgan fingerprint density at radius 2 is 2.06 bits per heavy atom. The molecule has 0 aliphatic rings. The molecule has 0 saturated carbocycles. The summed E-state index contributed by atoms with van der Waals surface area (Å²) in [6, 6.07) is 6.88. The average molecular weight is 270 g/mol. The zero-order valence-corrected chi connectivity index (χ0v) is 11.0. The molecule has 0 aliphatic heterocycles. The molecule has 0 radical (unpaired) electrons. The van der Waals surface area contributed by atoms with E-state index in [1.165, 1.54) is 0 Å². The van der Waals surface area contributed by atoms with Gasteiger partial charge in [-0.15, -0.1) is 0 Å². The monoisotopic (exact) mass is 269 g/mol. The Balaban J connectivity index is 2.90. The average Bonchev–Trinajstić information content (AvgIpc) is 2.31. The minimum atomic E-state index is -0.703. The number of halogens is 1. The minimum absolute atomic E-state index is 0.0941. The van der Waals surface area contributed by atoms with Gasteiger partial charge in [-0.05, 0) is 18.1 Å². The Hall–Kier alpha value is -1.75. The van der Waals surface area contributed by atoms with Crippen molar-refractivity contribution in [2.24, 2.45) is 22.7 Å². The summed E-state index contributed by atoms with van der Waals surface area (Å²) in [7, 11) is 0. The van der Waals surface area contributed by atoms with Crippen LogP contribution in [0.15, 0.2) is 29.4 Å². The van der Waals surface area contributed by atoms with E-state index >= 15 is 0 Å². The van der Waals surface area contributed by atoms with Crippen LogP contribution >= 0.6 is 11.6 Å². The number of anilines is 1. The molecule has 98 valence electrons. The highest BCUT2D eigenvalue weighted by Gasteiger charge is 2.27. The predicted molar refractivity (Wildman–Crippen MR) is 71.8 cm³/mol. The third-order valence-corrected chi connectivity index (χ3v) is 2.84. The normalized spacial score (nSPS) is 13.4. The number of hydrogen-bond acceptors (Lipinski definition) is 3. The lowest BCUT2D eigenvalue weighted by atomic mass is 9.94. The van der Waals surface area contributed by atoms with Crippen LogP contribution < -0.4 is 11.1 Å². The quantitative estimate of drug-likeness (QED) is 0.339. The van der Waals surface area contributed by atoms with Gasteiger partial charge in [0.15, 0.2) is 5.84 Å². The lowest BCUT2D eigenvalue weighted by Crippen LogP contribution is -2.38. The number of amidine groups is 1. The molecule has 18 heavy (non-hydrogen) atoms. The van der Waals surface area contributed by atoms with Gasteiger partial charge in [0.25, 0.3) is 0 Å². The first kappa shape index (κ1) is 14.3. The summed E-state index contributed by atoms with van der Waals surface area (Å²) in [4.78, 5) is 12.1. The summed E-state index contributed by atoms with van der Waals surface area (Å²) >= 11 is 5.94. The van der Waals surface area contributed by atoms with Crippen molar-refractivity contribution in [2.45, 2.75) is 13.8 Å². The largest absolute Gasteiger partial charge is 0.409 e. The van der Waals surface area contributed by atoms with Gasteiger partial charge in [0.2, 0.25) is 5.91 Å². The SMILES string of the molecule is CC(C)C(C(=O)Nc1ccccc1Cl)C(N)=NO. The van der Waals surface area contributed by atoms with Gasteiger partial charge >= 0.3 is 0 Å². The number of amides is 1. The van der Waals surface area contributed by atoms with E-state index in [0.29, 0.717) is 10.7 Å². The Labute approximate surface area is 111 Å². The van der Waals surface area contributed by atoms with Crippen LogP contribution in [0.25, 0.3) is 0 Å². The van der Waals surface area contributed by atoms with E-state index in [0.717, 1.165) is 0 Å². The maximum Gasteiger partial charge on any atom is 0.235 e. The van der Waals surface area contributed by atoms with Crippen molar-refractivity contribution in [1.29, 1.82) is 0 Å². The van der Waals surface area contributed by atoms with Gasteiger partial charge in [-0.25, -0.2) is 0 Å². The summed E-state index contributed by atoms with van der Waals surface area (Å²) in [5.74, 6) is -1.27. The number of nitrogens with one attached hydrogen (secondary N) is 1. The van der Waals surface area contributed by atoms with E-state index in [9.17, 15) is 4.79 Å². The van der Waals surface area contributed by atoms with Crippen molar-refractivity contribution in [3.05, 3.63) is 29.3 Å². The molecule has 1 rings (SSSR count). The third-order valence-electron chi connectivity index (χ3n) is 2.51. The molecule has 5 nitrogen and oxygen atoms in total. The van der Waals surface area contributed by atoms with Crippen molar-refractivity contribution in [3.63, 3.8) is 0 Å². The minimum Gasteiger partial charge on any atom is -0.409 e. The van der Waals surface area contributed by atoms with Gasteiger partial charge in [-0.2, -0.15) is 0 Å². The lowest BCUT2D eigenvalue weighted by Gasteiger charge is -2.19. The smallest absolute Gasteiger partial charge is 0.235 e. The highest BCUT2D eigenvalue weighted by molar-refractivity contribution is 6.33. The lowest BCUT2D eigenvalue weighted by molar-refractivity contribution is -0.119. The summed E-state index contributed by atoms with van der Waals surface area (Å²) in [6.45, 7) is 3.63. The summed E-state index contributed by atoms with van der Waals surface area (Å²) in [5, 5.41) is 14.7. The van der Waals surface area contributed by atoms with Crippen LogP contribution in [0.4, 0.5) is 5.69 Å². The van der Waals surface area contributed by atoms with Crippen molar-refractivity contribution >= 4 is 29.0 Å². The number of nitrogens with zero attached hydrogens (tertiary/aromatic N) is 1. The molecule has 0 fully saturated rings. The molecular formula is C12H16ClN3O2. The molecule has 0 saturated heterocycles. The fourth-order valence-electron chi connectivity index (χ4n) is 1.61. The van der Waals surface area contributed by atoms with Crippen LogP contribution in [0.1, 0.15) is 13.8 Å². The van der Waals surface area contributed by atoms with Crippen molar-refractivity contribution in [3.8, 4) is 0 Å². The highest BCUT2D eigenvalue weighted by Crippen LogP contribution is 2.22. The second-order valence-electron chi connectivity index (χ2n) is 4.22. The van der Waals surface area contributed by atoms with Crippen LogP contribution in [0.5, 0.6) is 0 Å². The van der Waals surface area contributed by atoms with Crippen molar-refractivity contribution < 1.29 is 10.0 Å². The van der Waals surface area contributed by atoms with Crippen LogP contribution in [-0.4, -0.2) is 17.0 Å². The number of rotatable bonds is 4. The number of hydrogen-bond donors (Lipinski definition) is 3. The molecule has 0 spiro atoms. The van der Waals surface area contributed by atoms with Crippen molar-refractivity contribution in [1.82, 2.24) is 0 Å². The second kappa shape index (κ2) is 6.26. The molecular weight excluding hydrogens is 254 g/mol. The summed E-state index contributed by atoms with van der Waals surface area (Å²) < 4.78 is 0. The number of para-hydroxylation sites is 1. The fourth-order valence-corrected chi connectivity index (χ4v) is 1.80. The Bertz CT molecular complexity index is 460. The number of carbonyl (C=O) groups excluding carboxylic acids is 1. The summed E-state index contributed by atoms with van der Waals surface area (Å²) in [6.07, 6.45) is 0. The molecule has 1 amide bonds. The van der Waals surface area contributed by atoms with E-state index < -0.39 is 5.92 Å². The fraction of sp³-hybridized carbons (Fsp3) is 0.333. The number of benzene rings is 1. The van der Waals surface area contributed by atoms with Gasteiger partial charge in [0.05, 0.1) is 10.7 Å². The van der Waals surface area contributed by atoms with Crippen LogP contribution in [0.3, 0.4) is 0 Å². The van der Waals surface area contributed by atoms with Gasteiger partial charge in [-0.1, -0.05) is 42.7 Å². The van der Waals surface area contributed by atoms with E-state index in [1.54, 1.807) is 24.3 Å². The van der Waals surface area contributed by atoms with Gasteiger partial charge < -0.3 is 16.3 Å². The molecule has 1 aromatic carbocycles. The topological polar surface area (TPSA) is 87.7 Å². The molecule has 4 N–H and O–H groups in total. The van der Waals surface area contributed by atoms with Crippen LogP contribution in [0.2, 0.25) is 5.02 Å². The number of carbonyl (C=O) groups is 1. The standard InChI is InChI=1S/C12H16ClN3O2/c1-7(2)10(11(14)16-18)12(17)15-9-6-4-3-5-8(9)13/h3-7,10,18H,1-2H3,(H2,14,16)(H,15,17). The van der Waals surface area contributed by atoms with Gasteiger partial charge in [0, 0.05) is 0 Å². The molecule has 1 unspecified atom stereocenters. The van der Waals surface area contributed by atoms with Crippen LogP contribution in [0, 0.1) is 11.8 Å². The first-order chi connectivity index (χ1) is 8.47. The van der Waals surface area contributed by atoms with Gasteiger partial charge in [-0.3, -0.25) is 4.79 Å².